The molecule has 0 atom stereocenters. The Kier molecular flexibility index (Phi) is 4.87. The highest BCUT2D eigenvalue weighted by Crippen LogP contribution is 2.35. The molecule has 112 valence electrons. The van der Waals surface area contributed by atoms with E-state index in [-0.39, 0.29) is 10.8 Å². The summed E-state index contributed by atoms with van der Waals surface area (Å²) in [5.41, 5.74) is 0.0308. The molecule has 0 amide bonds. The number of halogens is 4. The van der Waals surface area contributed by atoms with Gasteiger partial charge in [-0.3, -0.25) is 0 Å². The molecule has 0 aliphatic carbocycles. The maximum atomic E-state index is 12.3. The lowest BCUT2D eigenvalue weighted by atomic mass is 10.2. The van der Waals surface area contributed by atoms with Crippen LogP contribution in [0, 0.1) is 6.92 Å². The predicted molar refractivity (Wildman–Crippen MR) is 74.9 cm³/mol. The van der Waals surface area contributed by atoms with Gasteiger partial charge in [-0.1, -0.05) is 15.9 Å². The molecule has 0 aliphatic rings. The molecule has 0 bridgehead atoms. The van der Waals surface area contributed by atoms with Crippen LogP contribution in [0.15, 0.2) is 16.6 Å². The van der Waals surface area contributed by atoms with Gasteiger partial charge in [-0.05, 0) is 36.8 Å². The molecular weight excluding hydrogens is 385 g/mol. The van der Waals surface area contributed by atoms with Gasteiger partial charge in [0.2, 0.25) is 0 Å². The van der Waals surface area contributed by atoms with E-state index >= 15 is 0 Å². The van der Waals surface area contributed by atoms with Crippen LogP contribution in [0.4, 0.5) is 18.9 Å². The average Bonchev–Trinajstić information content (AvgIpc) is 2.22. The number of alkyl halides is 3. The van der Waals surface area contributed by atoms with Crippen LogP contribution in [0.3, 0.4) is 0 Å². The maximum Gasteiger partial charge on any atom is 0.534 e. The quantitative estimate of drug-likeness (QED) is 0.467. The minimum atomic E-state index is -5.78. The monoisotopic (exact) mass is 392 g/mol. The second kappa shape index (κ2) is 5.74. The fourth-order valence-corrected chi connectivity index (χ4v) is 2.04. The van der Waals surface area contributed by atoms with E-state index in [1.165, 1.54) is 6.07 Å². The van der Waals surface area contributed by atoms with Gasteiger partial charge in [0.1, 0.15) is 0 Å². The predicted octanol–water partition coefficient (Wildman–Crippen LogP) is 2.64. The van der Waals surface area contributed by atoms with Crippen LogP contribution in [-0.2, 0) is 10.1 Å². The van der Waals surface area contributed by atoms with Gasteiger partial charge in [0.15, 0.2) is 10.9 Å². The summed E-state index contributed by atoms with van der Waals surface area (Å²) in [5, 5.41) is 2.08. The van der Waals surface area contributed by atoms with Crippen molar-refractivity contribution in [2.45, 2.75) is 12.4 Å². The Hall–Kier alpha value is -1.07. The summed E-state index contributed by atoms with van der Waals surface area (Å²) < 4.78 is 63.5. The number of rotatable bonds is 3. The highest BCUT2D eigenvalue weighted by atomic mass is 79.9. The molecule has 0 aromatic heterocycles. The molecule has 1 aromatic rings. The molecule has 20 heavy (non-hydrogen) atoms. The maximum absolute atomic E-state index is 12.3. The molecule has 0 fully saturated rings. The summed E-state index contributed by atoms with van der Waals surface area (Å²) in [6.07, 6.45) is 0. The van der Waals surface area contributed by atoms with Gasteiger partial charge >= 0.3 is 15.6 Å². The lowest BCUT2D eigenvalue weighted by Crippen LogP contribution is -2.29. The molecule has 3 N–H and O–H groups in total. The SMILES string of the molecule is Cc1cc(OS(=O)(=O)C(F)(F)F)c(NC(N)=S)cc1Br. The standard InChI is InChI=1S/C9H8BrF3N2O3S2/c1-4-2-7(18-20(16,17)9(11,12)13)6(3-5(4)10)15-8(14)19/h2-3H,1H3,(H3,14,15,19). The van der Waals surface area contributed by atoms with Crippen LogP contribution >= 0.6 is 28.1 Å². The van der Waals surface area contributed by atoms with Gasteiger partial charge in [-0.15, -0.1) is 0 Å². The zero-order valence-corrected chi connectivity index (χ0v) is 13.0. The largest absolute Gasteiger partial charge is 0.534 e. The van der Waals surface area contributed by atoms with Gasteiger partial charge < -0.3 is 15.2 Å². The average molecular weight is 393 g/mol. The summed E-state index contributed by atoms with van der Waals surface area (Å²) in [6.45, 7) is 1.54. The van der Waals surface area contributed by atoms with Gasteiger partial charge in [-0.25, -0.2) is 0 Å². The van der Waals surface area contributed by atoms with Crippen LogP contribution in [0.5, 0.6) is 5.75 Å². The summed E-state index contributed by atoms with van der Waals surface area (Å²) >= 11 is 7.69. The summed E-state index contributed by atoms with van der Waals surface area (Å²) in [5.74, 6) is -0.559. The van der Waals surface area contributed by atoms with Crippen molar-refractivity contribution in [1.82, 2.24) is 0 Å². The fraction of sp³-hybridized carbons (Fsp3) is 0.222. The fourth-order valence-electron chi connectivity index (χ4n) is 1.12. The van der Waals surface area contributed by atoms with E-state index in [1.54, 1.807) is 6.92 Å². The van der Waals surface area contributed by atoms with Gasteiger partial charge in [0, 0.05) is 4.47 Å². The second-order valence-corrected chi connectivity index (χ2v) is 6.40. The van der Waals surface area contributed by atoms with Crippen molar-refractivity contribution in [3.63, 3.8) is 0 Å². The van der Waals surface area contributed by atoms with Crippen molar-refractivity contribution < 1.29 is 25.8 Å². The zero-order chi connectivity index (χ0) is 15.7. The number of nitrogens with one attached hydrogen (secondary N) is 1. The Morgan fingerprint density at radius 2 is 2.00 bits per heavy atom. The molecular formula is C9H8BrF3N2O3S2. The normalized spacial score (nSPS) is 12.1. The van der Waals surface area contributed by atoms with E-state index in [4.69, 9.17) is 5.73 Å². The molecule has 0 aliphatic heterocycles. The Bertz CT molecular complexity index is 647. The smallest absolute Gasteiger partial charge is 0.376 e. The summed E-state index contributed by atoms with van der Waals surface area (Å²) in [6, 6.07) is 2.41. The van der Waals surface area contributed by atoms with Crippen molar-refractivity contribution in [2.24, 2.45) is 5.73 Å². The minimum absolute atomic E-state index is 0.109. The number of aryl methyl sites for hydroxylation is 1. The molecule has 0 heterocycles. The third kappa shape index (κ3) is 3.96. The van der Waals surface area contributed by atoms with E-state index in [2.05, 4.69) is 37.6 Å². The first kappa shape index (κ1) is 17.0. The molecule has 0 saturated carbocycles. The Balaban J connectivity index is 3.30. The second-order valence-electron chi connectivity index (χ2n) is 3.57. The zero-order valence-electron chi connectivity index (χ0n) is 9.79. The van der Waals surface area contributed by atoms with Crippen LogP contribution in [0.2, 0.25) is 0 Å². The molecule has 1 rings (SSSR count). The van der Waals surface area contributed by atoms with Crippen molar-refractivity contribution >= 4 is 49.1 Å². The van der Waals surface area contributed by atoms with Crippen LogP contribution < -0.4 is 15.2 Å². The number of thiocarbonyl (C=S) groups is 1. The molecule has 0 saturated heterocycles. The Labute approximate surface area is 126 Å². The highest BCUT2D eigenvalue weighted by Gasteiger charge is 2.48. The van der Waals surface area contributed by atoms with Crippen LogP contribution in [0.25, 0.3) is 0 Å². The van der Waals surface area contributed by atoms with E-state index < -0.39 is 21.4 Å². The van der Waals surface area contributed by atoms with E-state index in [1.807, 2.05) is 0 Å². The first-order chi connectivity index (χ1) is 8.94. The van der Waals surface area contributed by atoms with Gasteiger partial charge in [-0.2, -0.15) is 21.6 Å². The van der Waals surface area contributed by atoms with Crippen LogP contribution in [-0.4, -0.2) is 19.0 Å². The summed E-state index contributed by atoms with van der Waals surface area (Å²) in [4.78, 5) is 0. The molecule has 11 heteroatoms. The van der Waals surface area contributed by atoms with Crippen LogP contribution in [0.1, 0.15) is 5.56 Å². The van der Waals surface area contributed by atoms with Crippen molar-refractivity contribution in [3.05, 3.63) is 22.2 Å². The van der Waals surface area contributed by atoms with E-state index in [0.29, 0.717) is 10.0 Å². The van der Waals surface area contributed by atoms with Crippen molar-refractivity contribution in [3.8, 4) is 5.75 Å². The topological polar surface area (TPSA) is 81.4 Å². The Morgan fingerprint density at radius 1 is 1.45 bits per heavy atom. The van der Waals surface area contributed by atoms with Gasteiger partial charge in [0.25, 0.3) is 0 Å². The van der Waals surface area contributed by atoms with Gasteiger partial charge in [0.05, 0.1) is 5.69 Å². The van der Waals surface area contributed by atoms with Crippen molar-refractivity contribution in [1.29, 1.82) is 0 Å². The lowest BCUT2D eigenvalue weighted by molar-refractivity contribution is -0.0499. The first-order valence-corrected chi connectivity index (χ1v) is 7.42. The Morgan fingerprint density at radius 3 is 2.45 bits per heavy atom. The molecule has 5 nitrogen and oxygen atoms in total. The number of anilines is 1. The first-order valence-electron chi connectivity index (χ1n) is 4.81. The third-order valence-electron chi connectivity index (χ3n) is 2.00. The van der Waals surface area contributed by atoms with E-state index in [0.717, 1.165) is 6.07 Å². The summed E-state index contributed by atoms with van der Waals surface area (Å²) in [7, 11) is -5.78. The number of nitrogens with two attached hydrogens (primary N) is 1. The lowest BCUT2D eigenvalue weighted by Gasteiger charge is -2.15. The van der Waals surface area contributed by atoms with E-state index in [9.17, 15) is 21.6 Å². The molecule has 0 radical (unpaired) electrons. The van der Waals surface area contributed by atoms with Crippen molar-refractivity contribution in [2.75, 3.05) is 5.32 Å². The minimum Gasteiger partial charge on any atom is -0.376 e. The third-order valence-corrected chi connectivity index (χ3v) is 3.92. The molecule has 0 spiro atoms. The number of hydrogen-bond donors (Lipinski definition) is 2. The molecule has 1 aromatic carbocycles. The molecule has 0 unspecified atom stereocenters. The number of benzene rings is 1. The highest BCUT2D eigenvalue weighted by molar-refractivity contribution is 9.10. The number of hydrogen-bond acceptors (Lipinski definition) is 4.